The van der Waals surface area contributed by atoms with Gasteiger partial charge >= 0.3 is 0 Å². The van der Waals surface area contributed by atoms with Gasteiger partial charge in [-0.25, -0.2) is 0 Å². The zero-order chi connectivity index (χ0) is 16.4. The monoisotopic (exact) mass is 306 g/mol. The van der Waals surface area contributed by atoms with Crippen LogP contribution in [0.3, 0.4) is 0 Å². The first-order valence-electron chi connectivity index (χ1n) is 7.49. The molecule has 0 saturated carbocycles. The molecule has 0 amide bonds. The van der Waals surface area contributed by atoms with Gasteiger partial charge in [-0.3, -0.25) is 4.79 Å². The molecule has 3 rings (SSSR count). The third kappa shape index (κ3) is 3.18. The van der Waals surface area contributed by atoms with Gasteiger partial charge in [0.25, 0.3) is 0 Å². The normalized spacial score (nSPS) is 10.7. The van der Waals surface area contributed by atoms with Gasteiger partial charge in [-0.1, -0.05) is 48.0 Å². The Morgan fingerprint density at radius 2 is 1.83 bits per heavy atom. The lowest BCUT2D eigenvalue weighted by molar-refractivity contribution is 0.0961. The van der Waals surface area contributed by atoms with Crippen molar-refractivity contribution in [2.45, 2.75) is 27.3 Å². The molecule has 3 aromatic rings. The highest BCUT2D eigenvalue weighted by atomic mass is 16.1. The van der Waals surface area contributed by atoms with Crippen molar-refractivity contribution in [3.8, 4) is 11.4 Å². The molecule has 0 atom stereocenters. The van der Waals surface area contributed by atoms with Gasteiger partial charge in [-0.05, 0) is 37.1 Å². The number of tetrazole rings is 1. The zero-order valence-corrected chi connectivity index (χ0v) is 13.4. The number of Topliss-reactive ketones (excluding diaryl/α,β-unsaturated/α-hetero) is 1. The summed E-state index contributed by atoms with van der Waals surface area (Å²) in [7, 11) is 0. The molecule has 0 fully saturated rings. The van der Waals surface area contributed by atoms with E-state index in [2.05, 4.69) is 15.4 Å². The van der Waals surface area contributed by atoms with Crippen molar-refractivity contribution in [2.75, 3.05) is 0 Å². The minimum Gasteiger partial charge on any atom is -0.292 e. The Bertz CT molecular complexity index is 867. The number of rotatable bonds is 4. The van der Waals surface area contributed by atoms with Gasteiger partial charge in [-0.2, -0.15) is 4.80 Å². The lowest BCUT2D eigenvalue weighted by Gasteiger charge is -2.05. The number of hydrogen-bond donors (Lipinski definition) is 0. The Labute approximate surface area is 135 Å². The second-order valence-electron chi connectivity index (χ2n) is 5.70. The predicted molar refractivity (Wildman–Crippen MR) is 88.2 cm³/mol. The van der Waals surface area contributed by atoms with Crippen LogP contribution in [0.2, 0.25) is 0 Å². The minimum atomic E-state index is -0.0174. The van der Waals surface area contributed by atoms with Crippen molar-refractivity contribution in [1.29, 1.82) is 0 Å². The summed E-state index contributed by atoms with van der Waals surface area (Å²) in [6.45, 7) is 6.03. The fourth-order valence-corrected chi connectivity index (χ4v) is 2.58. The summed E-state index contributed by atoms with van der Waals surface area (Å²) in [6.07, 6.45) is 0. The van der Waals surface area contributed by atoms with E-state index >= 15 is 0 Å². The largest absolute Gasteiger partial charge is 0.292 e. The van der Waals surface area contributed by atoms with Crippen LogP contribution in [0.5, 0.6) is 0 Å². The number of carbonyl (C=O) groups excluding carboxylic acids is 1. The number of hydrogen-bond acceptors (Lipinski definition) is 4. The van der Waals surface area contributed by atoms with Gasteiger partial charge in [0.1, 0.15) is 6.54 Å². The van der Waals surface area contributed by atoms with Crippen molar-refractivity contribution in [1.82, 2.24) is 20.2 Å². The predicted octanol–water partition coefficient (Wildman–Crippen LogP) is 3.15. The first kappa shape index (κ1) is 15.1. The quantitative estimate of drug-likeness (QED) is 0.695. The second-order valence-corrected chi connectivity index (χ2v) is 5.70. The molecule has 0 aliphatic rings. The van der Waals surface area contributed by atoms with Gasteiger partial charge in [0.15, 0.2) is 5.78 Å². The molecular formula is C18H18N4O. The third-order valence-corrected chi connectivity index (χ3v) is 3.81. The maximum Gasteiger partial charge on any atom is 0.205 e. The van der Waals surface area contributed by atoms with Crippen LogP contribution in [0.15, 0.2) is 42.5 Å². The van der Waals surface area contributed by atoms with Crippen LogP contribution in [0.4, 0.5) is 0 Å². The number of ketones is 1. The number of aromatic nitrogens is 4. The van der Waals surface area contributed by atoms with Gasteiger partial charge in [0.2, 0.25) is 5.82 Å². The Morgan fingerprint density at radius 1 is 1.04 bits per heavy atom. The lowest BCUT2D eigenvalue weighted by atomic mass is 10.0. The van der Waals surface area contributed by atoms with E-state index in [0.29, 0.717) is 11.4 Å². The molecule has 0 saturated heterocycles. The molecule has 5 heteroatoms. The number of aryl methyl sites for hydroxylation is 3. The van der Waals surface area contributed by atoms with Crippen molar-refractivity contribution >= 4 is 5.78 Å². The van der Waals surface area contributed by atoms with E-state index in [1.165, 1.54) is 4.80 Å². The van der Waals surface area contributed by atoms with Crippen LogP contribution in [0.1, 0.15) is 27.0 Å². The van der Waals surface area contributed by atoms with Crippen molar-refractivity contribution in [2.24, 2.45) is 0 Å². The molecule has 0 spiro atoms. The summed E-state index contributed by atoms with van der Waals surface area (Å²) in [4.78, 5) is 13.8. The summed E-state index contributed by atoms with van der Waals surface area (Å²) < 4.78 is 0. The molecule has 116 valence electrons. The first-order valence-corrected chi connectivity index (χ1v) is 7.49. The molecule has 0 radical (unpaired) electrons. The Hall–Kier alpha value is -2.82. The Morgan fingerprint density at radius 3 is 2.57 bits per heavy atom. The summed E-state index contributed by atoms with van der Waals surface area (Å²) in [5, 5.41) is 12.4. The smallest absolute Gasteiger partial charge is 0.205 e. The number of benzene rings is 2. The summed E-state index contributed by atoms with van der Waals surface area (Å²) in [5.74, 6) is 0.521. The molecular weight excluding hydrogens is 288 g/mol. The van der Waals surface area contributed by atoms with E-state index in [9.17, 15) is 4.79 Å². The molecule has 5 nitrogen and oxygen atoms in total. The molecule has 2 aromatic carbocycles. The fourth-order valence-electron chi connectivity index (χ4n) is 2.58. The molecule has 0 aliphatic heterocycles. The van der Waals surface area contributed by atoms with Crippen LogP contribution in [-0.2, 0) is 6.54 Å². The standard InChI is InChI=1S/C18H18N4O/c1-12-8-9-15(14(3)10-12)17(23)11-22-20-18(19-21-22)16-7-5-4-6-13(16)2/h4-10H,11H2,1-3H3. The number of carbonyl (C=O) groups is 1. The van der Waals surface area contributed by atoms with Crippen LogP contribution in [0.25, 0.3) is 11.4 Å². The van der Waals surface area contributed by atoms with Crippen molar-refractivity contribution in [3.05, 3.63) is 64.7 Å². The van der Waals surface area contributed by atoms with E-state index < -0.39 is 0 Å². The maximum atomic E-state index is 12.4. The molecule has 0 N–H and O–H groups in total. The summed E-state index contributed by atoms with van der Waals surface area (Å²) in [5.41, 5.74) is 4.81. The SMILES string of the molecule is Cc1ccc(C(=O)Cn2nnc(-c3ccccc3C)n2)c(C)c1. The van der Waals surface area contributed by atoms with Gasteiger partial charge in [0.05, 0.1) is 0 Å². The van der Waals surface area contributed by atoms with E-state index in [-0.39, 0.29) is 12.3 Å². The summed E-state index contributed by atoms with van der Waals surface area (Å²) >= 11 is 0. The van der Waals surface area contributed by atoms with Crippen molar-refractivity contribution < 1.29 is 4.79 Å². The third-order valence-electron chi connectivity index (χ3n) is 3.81. The molecule has 0 aliphatic carbocycles. The van der Waals surface area contributed by atoms with E-state index in [1.807, 2.05) is 63.2 Å². The zero-order valence-electron chi connectivity index (χ0n) is 13.4. The van der Waals surface area contributed by atoms with E-state index in [0.717, 1.165) is 22.3 Å². The molecule has 0 unspecified atom stereocenters. The average Bonchev–Trinajstić information content (AvgIpc) is 2.95. The molecule has 0 bridgehead atoms. The van der Waals surface area contributed by atoms with Gasteiger partial charge < -0.3 is 0 Å². The van der Waals surface area contributed by atoms with E-state index in [4.69, 9.17) is 0 Å². The highest BCUT2D eigenvalue weighted by molar-refractivity contribution is 5.97. The maximum absolute atomic E-state index is 12.4. The fraction of sp³-hybridized carbons (Fsp3) is 0.222. The first-order chi connectivity index (χ1) is 11.0. The molecule has 1 aromatic heterocycles. The van der Waals surface area contributed by atoms with Gasteiger partial charge in [0, 0.05) is 11.1 Å². The van der Waals surface area contributed by atoms with Crippen molar-refractivity contribution in [3.63, 3.8) is 0 Å². The van der Waals surface area contributed by atoms with Crippen LogP contribution < -0.4 is 0 Å². The Kier molecular flexibility index (Phi) is 4.02. The average molecular weight is 306 g/mol. The molecule has 23 heavy (non-hydrogen) atoms. The summed E-state index contributed by atoms with van der Waals surface area (Å²) in [6, 6.07) is 13.6. The highest BCUT2D eigenvalue weighted by Gasteiger charge is 2.13. The van der Waals surface area contributed by atoms with Crippen LogP contribution in [0, 0.1) is 20.8 Å². The van der Waals surface area contributed by atoms with Crippen LogP contribution >= 0.6 is 0 Å². The topological polar surface area (TPSA) is 60.7 Å². The van der Waals surface area contributed by atoms with Crippen LogP contribution in [-0.4, -0.2) is 26.0 Å². The molecule has 1 heterocycles. The highest BCUT2D eigenvalue weighted by Crippen LogP contribution is 2.18. The van der Waals surface area contributed by atoms with Gasteiger partial charge in [-0.15, -0.1) is 10.2 Å². The lowest BCUT2D eigenvalue weighted by Crippen LogP contribution is -2.14. The van der Waals surface area contributed by atoms with E-state index in [1.54, 1.807) is 0 Å². The number of nitrogens with zero attached hydrogens (tertiary/aromatic N) is 4. The minimum absolute atomic E-state index is 0.0174. The Balaban J connectivity index is 1.82. The second kappa shape index (κ2) is 6.12.